The summed E-state index contributed by atoms with van der Waals surface area (Å²) in [4.78, 5) is 24.4. The standard InChI is InChI=1S/C11H17NO4.ClH/c1-11(2,3)16-10(14)12-7-5-6-8(12)9(13)15-4;/h6H,5,7H2,1-4H3;1H. The summed E-state index contributed by atoms with van der Waals surface area (Å²) in [6.07, 6.45) is 1.81. The van der Waals surface area contributed by atoms with Gasteiger partial charge in [0.25, 0.3) is 0 Å². The highest BCUT2D eigenvalue weighted by Crippen LogP contribution is 2.20. The fourth-order valence-corrected chi connectivity index (χ4v) is 1.37. The van der Waals surface area contributed by atoms with Crippen LogP contribution in [0, 0.1) is 0 Å². The average Bonchev–Trinajstić information content (AvgIpc) is 2.62. The van der Waals surface area contributed by atoms with Gasteiger partial charge in [0.2, 0.25) is 0 Å². The second-order valence-electron chi connectivity index (χ2n) is 4.50. The SMILES string of the molecule is COC(=O)C1=CCCN1C(=O)OC(C)(C)C.Cl. The van der Waals surface area contributed by atoms with Crippen LogP contribution in [0.1, 0.15) is 27.2 Å². The number of carbonyl (C=O) groups excluding carboxylic acids is 2. The van der Waals surface area contributed by atoms with E-state index in [1.165, 1.54) is 12.0 Å². The summed E-state index contributed by atoms with van der Waals surface area (Å²) in [6.45, 7) is 5.80. The first kappa shape index (κ1) is 15.8. The molecule has 98 valence electrons. The molecule has 0 aromatic rings. The molecule has 6 heteroatoms. The fourth-order valence-electron chi connectivity index (χ4n) is 1.37. The molecular formula is C11H18ClNO4. The predicted molar refractivity (Wildman–Crippen MR) is 64.9 cm³/mol. The summed E-state index contributed by atoms with van der Waals surface area (Å²) < 4.78 is 9.77. The van der Waals surface area contributed by atoms with E-state index in [-0.39, 0.29) is 18.1 Å². The highest BCUT2D eigenvalue weighted by molar-refractivity contribution is 5.92. The highest BCUT2D eigenvalue weighted by Gasteiger charge is 2.31. The largest absolute Gasteiger partial charge is 0.464 e. The molecule has 1 aliphatic heterocycles. The van der Waals surface area contributed by atoms with E-state index in [0.29, 0.717) is 13.0 Å². The summed E-state index contributed by atoms with van der Waals surface area (Å²) in [5, 5.41) is 0. The fraction of sp³-hybridized carbons (Fsp3) is 0.636. The molecule has 0 radical (unpaired) electrons. The Labute approximate surface area is 107 Å². The Morgan fingerprint density at radius 3 is 2.41 bits per heavy atom. The van der Waals surface area contributed by atoms with Gasteiger partial charge in [-0.05, 0) is 27.2 Å². The Balaban J connectivity index is 0.00000256. The molecule has 1 rings (SSSR count). The topological polar surface area (TPSA) is 55.8 Å². The van der Waals surface area contributed by atoms with Crippen LogP contribution in [0.2, 0.25) is 0 Å². The average molecular weight is 264 g/mol. The quantitative estimate of drug-likeness (QED) is 0.680. The van der Waals surface area contributed by atoms with Gasteiger partial charge in [-0.1, -0.05) is 6.08 Å². The van der Waals surface area contributed by atoms with E-state index in [1.54, 1.807) is 26.8 Å². The van der Waals surface area contributed by atoms with Crippen molar-refractivity contribution in [3.63, 3.8) is 0 Å². The van der Waals surface area contributed by atoms with Gasteiger partial charge in [0, 0.05) is 6.54 Å². The number of amides is 1. The van der Waals surface area contributed by atoms with Crippen molar-refractivity contribution >= 4 is 24.5 Å². The van der Waals surface area contributed by atoms with Crippen LogP contribution in [0.15, 0.2) is 11.8 Å². The van der Waals surface area contributed by atoms with Gasteiger partial charge in [0.15, 0.2) is 0 Å². The van der Waals surface area contributed by atoms with Gasteiger partial charge in [-0.3, -0.25) is 4.90 Å². The number of carbonyl (C=O) groups is 2. The first-order chi connectivity index (χ1) is 7.35. The summed E-state index contributed by atoms with van der Waals surface area (Å²) in [5.41, 5.74) is -0.308. The zero-order chi connectivity index (χ0) is 12.3. The van der Waals surface area contributed by atoms with Gasteiger partial charge in [0.05, 0.1) is 7.11 Å². The zero-order valence-electron chi connectivity index (χ0n) is 10.5. The summed E-state index contributed by atoms with van der Waals surface area (Å²) >= 11 is 0. The number of methoxy groups -OCH3 is 1. The molecule has 0 spiro atoms. The van der Waals surface area contributed by atoms with Crippen LogP contribution in [-0.2, 0) is 14.3 Å². The molecule has 0 atom stereocenters. The molecule has 0 saturated carbocycles. The maximum absolute atomic E-state index is 11.7. The minimum Gasteiger partial charge on any atom is -0.464 e. The Kier molecular flexibility index (Phi) is 5.48. The van der Waals surface area contributed by atoms with E-state index in [4.69, 9.17) is 4.74 Å². The third-order valence-electron chi connectivity index (χ3n) is 1.99. The lowest BCUT2D eigenvalue weighted by atomic mass is 10.2. The number of rotatable bonds is 1. The Morgan fingerprint density at radius 2 is 1.94 bits per heavy atom. The molecule has 17 heavy (non-hydrogen) atoms. The van der Waals surface area contributed by atoms with Crippen molar-refractivity contribution in [3.8, 4) is 0 Å². The van der Waals surface area contributed by atoms with Crippen LogP contribution in [-0.4, -0.2) is 36.2 Å². The first-order valence-corrected chi connectivity index (χ1v) is 5.14. The molecule has 0 unspecified atom stereocenters. The summed E-state index contributed by atoms with van der Waals surface area (Å²) in [5.74, 6) is -0.511. The number of nitrogens with zero attached hydrogens (tertiary/aromatic N) is 1. The number of halogens is 1. The highest BCUT2D eigenvalue weighted by atomic mass is 35.5. The molecular weight excluding hydrogens is 246 g/mol. The van der Waals surface area contributed by atoms with Crippen LogP contribution < -0.4 is 0 Å². The normalized spacial score (nSPS) is 14.8. The van der Waals surface area contributed by atoms with Crippen molar-refractivity contribution in [1.82, 2.24) is 4.90 Å². The van der Waals surface area contributed by atoms with Gasteiger partial charge in [-0.15, -0.1) is 12.4 Å². The summed E-state index contributed by atoms with van der Waals surface area (Å²) in [6, 6.07) is 0. The molecule has 0 aromatic heterocycles. The van der Waals surface area contributed by atoms with Crippen LogP contribution in [0.4, 0.5) is 4.79 Å². The monoisotopic (exact) mass is 263 g/mol. The lowest BCUT2D eigenvalue weighted by molar-refractivity contribution is -0.137. The maximum atomic E-state index is 11.7. The molecule has 1 amide bonds. The number of ether oxygens (including phenoxy) is 2. The van der Waals surface area contributed by atoms with Crippen LogP contribution in [0.3, 0.4) is 0 Å². The Morgan fingerprint density at radius 1 is 1.35 bits per heavy atom. The van der Waals surface area contributed by atoms with Crippen molar-refractivity contribution in [2.45, 2.75) is 32.8 Å². The second-order valence-corrected chi connectivity index (χ2v) is 4.50. The summed E-state index contributed by atoms with van der Waals surface area (Å²) in [7, 11) is 1.29. The predicted octanol–water partition coefficient (Wildman–Crippen LogP) is 2.11. The smallest absolute Gasteiger partial charge is 0.415 e. The van der Waals surface area contributed by atoms with Crippen molar-refractivity contribution in [2.75, 3.05) is 13.7 Å². The first-order valence-electron chi connectivity index (χ1n) is 5.14. The van der Waals surface area contributed by atoms with Gasteiger partial charge in [-0.2, -0.15) is 0 Å². The van der Waals surface area contributed by atoms with Gasteiger partial charge in [-0.25, -0.2) is 9.59 Å². The maximum Gasteiger partial charge on any atom is 0.415 e. The lowest BCUT2D eigenvalue weighted by Gasteiger charge is -2.25. The second kappa shape index (κ2) is 5.91. The minimum atomic E-state index is -0.569. The number of hydrogen-bond donors (Lipinski definition) is 0. The Hall–Kier alpha value is -1.23. The van der Waals surface area contributed by atoms with Crippen LogP contribution in [0.25, 0.3) is 0 Å². The van der Waals surface area contributed by atoms with Crippen molar-refractivity contribution in [3.05, 3.63) is 11.8 Å². The molecule has 1 heterocycles. The third kappa shape index (κ3) is 4.26. The van der Waals surface area contributed by atoms with Crippen molar-refractivity contribution < 1.29 is 19.1 Å². The minimum absolute atomic E-state index is 0. The van der Waals surface area contributed by atoms with E-state index in [9.17, 15) is 9.59 Å². The molecule has 0 N–H and O–H groups in total. The number of esters is 1. The molecule has 0 fully saturated rings. The third-order valence-corrected chi connectivity index (χ3v) is 1.99. The molecule has 1 aliphatic rings. The van der Waals surface area contributed by atoms with E-state index in [2.05, 4.69) is 4.74 Å². The Bertz CT molecular complexity index is 333. The van der Waals surface area contributed by atoms with Gasteiger partial charge in [0.1, 0.15) is 11.3 Å². The zero-order valence-corrected chi connectivity index (χ0v) is 11.3. The van der Waals surface area contributed by atoms with E-state index < -0.39 is 17.7 Å². The molecule has 0 saturated heterocycles. The molecule has 0 aliphatic carbocycles. The van der Waals surface area contributed by atoms with E-state index >= 15 is 0 Å². The molecule has 0 bridgehead atoms. The number of hydrogen-bond acceptors (Lipinski definition) is 4. The van der Waals surface area contributed by atoms with Crippen LogP contribution in [0.5, 0.6) is 0 Å². The lowest BCUT2D eigenvalue weighted by Crippen LogP contribution is -2.36. The van der Waals surface area contributed by atoms with Gasteiger partial charge < -0.3 is 9.47 Å². The molecule has 0 aromatic carbocycles. The van der Waals surface area contributed by atoms with Crippen LogP contribution >= 0.6 is 12.4 Å². The van der Waals surface area contributed by atoms with E-state index in [1.807, 2.05) is 0 Å². The van der Waals surface area contributed by atoms with Crippen molar-refractivity contribution in [1.29, 1.82) is 0 Å². The molecule has 5 nitrogen and oxygen atoms in total. The van der Waals surface area contributed by atoms with Gasteiger partial charge >= 0.3 is 12.1 Å². The van der Waals surface area contributed by atoms with E-state index in [0.717, 1.165) is 0 Å². The van der Waals surface area contributed by atoms with Crippen molar-refractivity contribution in [2.24, 2.45) is 0 Å².